The molecule has 1 unspecified atom stereocenters. The number of nitrogen functional groups attached to an aromatic ring is 1. The van der Waals surface area contributed by atoms with E-state index in [4.69, 9.17) is 15.5 Å². The van der Waals surface area contributed by atoms with Crippen molar-refractivity contribution in [1.82, 2.24) is 19.5 Å². The van der Waals surface area contributed by atoms with Crippen LogP contribution in [0.3, 0.4) is 0 Å². The van der Waals surface area contributed by atoms with Crippen molar-refractivity contribution < 1.29 is 19.0 Å². The van der Waals surface area contributed by atoms with E-state index in [1.165, 1.54) is 0 Å². The molecule has 1 atom stereocenters. The second-order valence-electron chi connectivity index (χ2n) is 5.36. The second-order valence-corrected chi connectivity index (χ2v) is 7.11. The van der Waals surface area contributed by atoms with E-state index in [1.807, 2.05) is 6.92 Å². The number of nitrogens with two attached hydrogens (primary N) is 1. The molecular formula is C11H16N5O4P. The van der Waals surface area contributed by atoms with Crippen LogP contribution in [0.15, 0.2) is 6.33 Å². The van der Waals surface area contributed by atoms with Gasteiger partial charge in [-0.3, -0.25) is 4.57 Å². The number of hydrogen-bond acceptors (Lipinski definition) is 7. The highest BCUT2D eigenvalue weighted by molar-refractivity contribution is 7.51. The highest BCUT2D eigenvalue weighted by Gasteiger charge is 2.47. The molecule has 0 bridgehead atoms. The van der Waals surface area contributed by atoms with Gasteiger partial charge in [0.2, 0.25) is 5.95 Å². The fourth-order valence-corrected chi connectivity index (χ4v) is 2.38. The molecule has 3 N–H and O–H groups in total. The zero-order valence-electron chi connectivity index (χ0n) is 11.7. The highest BCUT2D eigenvalue weighted by Crippen LogP contribution is 2.47. The van der Waals surface area contributed by atoms with Crippen molar-refractivity contribution in [3.8, 4) is 0 Å². The molecule has 2 heterocycles. The lowest BCUT2D eigenvalue weighted by atomic mass is 10.3. The quantitative estimate of drug-likeness (QED) is 0.476. The fraction of sp³-hybridized carbons (Fsp3) is 0.545. The van der Waals surface area contributed by atoms with Crippen molar-refractivity contribution in [2.45, 2.75) is 31.9 Å². The van der Waals surface area contributed by atoms with Crippen LogP contribution in [0.4, 0.5) is 5.95 Å². The minimum Gasteiger partial charge on any atom is -0.368 e. The van der Waals surface area contributed by atoms with Crippen LogP contribution < -0.4 is 5.73 Å². The number of fused-ring (bicyclic) bond motifs is 1. The Morgan fingerprint density at radius 3 is 2.86 bits per heavy atom. The number of nitrogens with zero attached hydrogens (tertiary/aromatic N) is 4. The van der Waals surface area contributed by atoms with Gasteiger partial charge in [0.25, 0.3) is 0 Å². The predicted octanol–water partition coefficient (Wildman–Crippen LogP) is 1.01. The molecule has 1 aliphatic rings. The molecule has 1 aliphatic carbocycles. The van der Waals surface area contributed by atoms with Gasteiger partial charge in [-0.05, 0) is 19.8 Å². The standard InChI is InChI=1S/C11H16N5O4P/c1-7-8-9(15-10(12)14-7)16(6-13-8)5-11(3-4-11)19-20-21(2,17)18/h6H,3-5H2,1-2H3,(H,17,18)(H2,12,14,15). The number of rotatable bonds is 5. The summed E-state index contributed by atoms with van der Waals surface area (Å²) in [5.74, 6) is 0.178. The van der Waals surface area contributed by atoms with Crippen LogP contribution in [0.25, 0.3) is 11.2 Å². The Bertz CT molecular complexity index is 736. The van der Waals surface area contributed by atoms with Gasteiger partial charge >= 0.3 is 7.60 Å². The first-order chi connectivity index (χ1) is 9.78. The number of aromatic nitrogens is 4. The molecule has 0 aliphatic heterocycles. The van der Waals surface area contributed by atoms with E-state index in [1.54, 1.807) is 10.9 Å². The van der Waals surface area contributed by atoms with Gasteiger partial charge in [0.05, 0.1) is 18.6 Å². The maximum absolute atomic E-state index is 11.1. The summed E-state index contributed by atoms with van der Waals surface area (Å²) in [5.41, 5.74) is 7.02. The molecule has 0 aromatic carbocycles. The Hall–Kier alpha value is -1.54. The van der Waals surface area contributed by atoms with Crippen LogP contribution in [0.5, 0.6) is 0 Å². The summed E-state index contributed by atoms with van der Waals surface area (Å²) in [6, 6.07) is 0. The SMILES string of the molecule is Cc1nc(N)nc2c1ncn2CC1(OOP(C)(=O)O)CC1. The first kappa shape index (κ1) is 14.4. The van der Waals surface area contributed by atoms with Gasteiger partial charge in [-0.25, -0.2) is 14.9 Å². The summed E-state index contributed by atoms with van der Waals surface area (Å²) < 4.78 is 17.5. The summed E-state index contributed by atoms with van der Waals surface area (Å²) in [6.45, 7) is 3.30. The lowest BCUT2D eigenvalue weighted by Gasteiger charge is -2.16. The van der Waals surface area contributed by atoms with Gasteiger partial charge in [0, 0.05) is 6.66 Å². The van der Waals surface area contributed by atoms with Gasteiger partial charge in [0.15, 0.2) is 5.65 Å². The Morgan fingerprint density at radius 2 is 2.24 bits per heavy atom. The summed E-state index contributed by atoms with van der Waals surface area (Å²) in [7, 11) is -3.67. The minimum atomic E-state index is -3.67. The highest BCUT2D eigenvalue weighted by atomic mass is 31.2. The number of hydrogen-bond donors (Lipinski definition) is 2. The predicted molar refractivity (Wildman–Crippen MR) is 74.4 cm³/mol. The topological polar surface area (TPSA) is 125 Å². The van der Waals surface area contributed by atoms with E-state index in [0.29, 0.717) is 23.4 Å². The fourth-order valence-electron chi connectivity index (χ4n) is 2.09. The third kappa shape index (κ3) is 3.06. The average Bonchev–Trinajstić information content (AvgIpc) is 3.02. The molecule has 9 nitrogen and oxygen atoms in total. The van der Waals surface area contributed by atoms with E-state index in [2.05, 4.69) is 19.6 Å². The molecule has 0 saturated heterocycles. The van der Waals surface area contributed by atoms with Gasteiger partial charge in [-0.1, -0.05) is 0 Å². The van der Waals surface area contributed by atoms with E-state index in [9.17, 15) is 4.57 Å². The maximum Gasteiger partial charge on any atom is 0.352 e. The lowest BCUT2D eigenvalue weighted by Crippen LogP contribution is -2.21. The van der Waals surface area contributed by atoms with Gasteiger partial charge in [-0.2, -0.15) is 4.98 Å². The van der Waals surface area contributed by atoms with Crippen molar-refractivity contribution in [3.63, 3.8) is 0 Å². The molecule has 0 amide bonds. The Kier molecular flexibility index (Phi) is 3.25. The number of imidazole rings is 1. The van der Waals surface area contributed by atoms with Crippen LogP contribution in [0.1, 0.15) is 18.5 Å². The van der Waals surface area contributed by atoms with Crippen LogP contribution in [0.2, 0.25) is 0 Å². The molecule has 0 spiro atoms. The zero-order valence-corrected chi connectivity index (χ0v) is 12.6. The molecule has 21 heavy (non-hydrogen) atoms. The first-order valence-corrected chi connectivity index (χ1v) is 8.43. The molecule has 1 saturated carbocycles. The molecule has 3 rings (SSSR count). The lowest BCUT2D eigenvalue weighted by molar-refractivity contribution is -0.265. The molecule has 2 aromatic rings. The van der Waals surface area contributed by atoms with Crippen LogP contribution in [0, 0.1) is 6.92 Å². The maximum atomic E-state index is 11.1. The van der Waals surface area contributed by atoms with E-state index >= 15 is 0 Å². The molecule has 10 heteroatoms. The van der Waals surface area contributed by atoms with Crippen LogP contribution >= 0.6 is 7.60 Å². The van der Waals surface area contributed by atoms with Crippen molar-refractivity contribution in [2.24, 2.45) is 0 Å². The molecule has 1 fully saturated rings. The summed E-state index contributed by atoms with van der Waals surface area (Å²) in [6.07, 6.45) is 3.08. The second kappa shape index (κ2) is 4.74. The Balaban J connectivity index is 1.84. The van der Waals surface area contributed by atoms with Crippen molar-refractivity contribution in [3.05, 3.63) is 12.0 Å². The zero-order chi connectivity index (χ0) is 15.3. The largest absolute Gasteiger partial charge is 0.368 e. The van der Waals surface area contributed by atoms with Crippen LogP contribution in [-0.2, 0) is 20.7 Å². The van der Waals surface area contributed by atoms with Crippen molar-refractivity contribution in [1.29, 1.82) is 0 Å². The van der Waals surface area contributed by atoms with Gasteiger partial charge < -0.3 is 15.2 Å². The normalized spacial score (nSPS) is 19.6. The summed E-state index contributed by atoms with van der Waals surface area (Å²) >= 11 is 0. The van der Waals surface area contributed by atoms with Crippen LogP contribution in [-0.4, -0.2) is 36.7 Å². The smallest absolute Gasteiger partial charge is 0.352 e. The third-order valence-corrected chi connectivity index (χ3v) is 3.63. The Morgan fingerprint density at radius 1 is 1.52 bits per heavy atom. The van der Waals surface area contributed by atoms with Gasteiger partial charge in [0.1, 0.15) is 11.1 Å². The minimum absolute atomic E-state index is 0.178. The Labute approximate surface area is 120 Å². The summed E-state index contributed by atoms with van der Waals surface area (Å²) in [5, 5.41) is 0. The van der Waals surface area contributed by atoms with E-state index in [0.717, 1.165) is 19.5 Å². The van der Waals surface area contributed by atoms with Crippen molar-refractivity contribution >= 4 is 24.7 Å². The molecular weight excluding hydrogens is 297 g/mol. The number of anilines is 1. The van der Waals surface area contributed by atoms with E-state index in [-0.39, 0.29) is 5.95 Å². The van der Waals surface area contributed by atoms with E-state index < -0.39 is 13.2 Å². The van der Waals surface area contributed by atoms with Crippen molar-refractivity contribution in [2.75, 3.05) is 12.4 Å². The third-order valence-electron chi connectivity index (χ3n) is 3.27. The monoisotopic (exact) mass is 313 g/mol. The molecule has 114 valence electrons. The molecule has 0 radical (unpaired) electrons. The number of aryl methyl sites for hydroxylation is 1. The summed E-state index contributed by atoms with van der Waals surface area (Å²) in [4.78, 5) is 26.8. The average molecular weight is 313 g/mol. The van der Waals surface area contributed by atoms with Gasteiger partial charge in [-0.15, -0.1) is 4.67 Å². The first-order valence-electron chi connectivity index (χ1n) is 6.41. The molecule has 2 aromatic heterocycles.